The summed E-state index contributed by atoms with van der Waals surface area (Å²) in [5.74, 6) is -2.38. The first-order valence-electron chi connectivity index (χ1n) is 8.41. The summed E-state index contributed by atoms with van der Waals surface area (Å²) in [4.78, 5) is 6.64. The van der Waals surface area contributed by atoms with Crippen molar-refractivity contribution in [2.75, 3.05) is 18.5 Å². The van der Waals surface area contributed by atoms with Crippen LogP contribution in [0.1, 0.15) is 12.0 Å². The topological polar surface area (TPSA) is 137 Å². The highest BCUT2D eigenvalue weighted by Crippen LogP contribution is 2.36. The van der Waals surface area contributed by atoms with E-state index in [1.54, 1.807) is 0 Å². The number of benzene rings is 1. The van der Waals surface area contributed by atoms with E-state index < -0.39 is 56.5 Å². The van der Waals surface area contributed by atoms with Crippen molar-refractivity contribution in [1.29, 1.82) is 0 Å². The number of primary sulfonamides is 1. The van der Waals surface area contributed by atoms with Gasteiger partial charge in [-0.2, -0.15) is 18.2 Å². The van der Waals surface area contributed by atoms with Crippen LogP contribution in [0.25, 0.3) is 0 Å². The first kappa shape index (κ1) is 22.1. The quantitative estimate of drug-likeness (QED) is 0.582. The predicted octanol–water partition coefficient (Wildman–Crippen LogP) is 1.55. The van der Waals surface area contributed by atoms with Gasteiger partial charge in [0, 0.05) is 19.2 Å². The molecule has 9 nitrogen and oxygen atoms in total. The number of sulfonamides is 1. The van der Waals surface area contributed by atoms with Gasteiger partial charge >= 0.3 is 6.18 Å². The summed E-state index contributed by atoms with van der Waals surface area (Å²) < 4.78 is 86.8. The smallest absolute Gasteiger partial charge is 0.423 e. The summed E-state index contributed by atoms with van der Waals surface area (Å²) in [6.45, 7) is 0.0897. The first-order valence-corrected chi connectivity index (χ1v) is 9.96. The lowest BCUT2D eigenvalue weighted by Gasteiger charge is -2.28. The Bertz CT molecular complexity index is 1030. The van der Waals surface area contributed by atoms with E-state index in [0.29, 0.717) is 12.3 Å². The zero-order chi connectivity index (χ0) is 22.1. The molecule has 1 aliphatic heterocycles. The molecule has 1 aromatic carbocycles. The van der Waals surface area contributed by atoms with Gasteiger partial charge < -0.3 is 19.9 Å². The minimum Gasteiger partial charge on any atom is -0.469 e. The zero-order valence-corrected chi connectivity index (χ0v) is 15.9. The molecule has 0 saturated carbocycles. The van der Waals surface area contributed by atoms with Crippen molar-refractivity contribution in [2.24, 2.45) is 5.14 Å². The zero-order valence-electron chi connectivity index (χ0n) is 15.1. The van der Waals surface area contributed by atoms with E-state index in [1.165, 1.54) is 0 Å². The molecule has 164 valence electrons. The highest BCUT2D eigenvalue weighted by molar-refractivity contribution is 7.89. The van der Waals surface area contributed by atoms with Crippen LogP contribution in [-0.4, -0.2) is 48.9 Å². The van der Waals surface area contributed by atoms with E-state index >= 15 is 0 Å². The van der Waals surface area contributed by atoms with Crippen LogP contribution >= 0.6 is 0 Å². The highest BCUT2D eigenvalue weighted by Gasteiger charge is 2.38. The van der Waals surface area contributed by atoms with E-state index in [0.717, 1.165) is 12.1 Å². The second kappa shape index (κ2) is 8.29. The summed E-state index contributed by atoms with van der Waals surface area (Å²) in [5.41, 5.74) is -1.61. The molecule has 0 bridgehead atoms. The third-order valence-electron chi connectivity index (χ3n) is 4.11. The number of nitrogens with one attached hydrogen (secondary N) is 1. The Morgan fingerprint density at radius 3 is 2.67 bits per heavy atom. The number of ether oxygens (including phenoxy) is 2. The molecule has 0 radical (unpaired) electrons. The molecule has 1 aromatic heterocycles. The molecule has 0 amide bonds. The number of alkyl halides is 3. The van der Waals surface area contributed by atoms with Crippen LogP contribution in [0.15, 0.2) is 29.3 Å². The molecule has 0 spiro atoms. The molecule has 2 heterocycles. The molecular weight excluding hydrogens is 436 g/mol. The summed E-state index contributed by atoms with van der Waals surface area (Å²) in [7, 11) is -4.14. The molecule has 14 heteroatoms. The molecule has 3 rings (SSSR count). The fourth-order valence-electron chi connectivity index (χ4n) is 2.56. The Labute approximate surface area is 167 Å². The number of anilines is 2. The summed E-state index contributed by atoms with van der Waals surface area (Å²) >= 11 is 0. The average molecular weight is 452 g/mol. The third kappa shape index (κ3) is 5.13. The molecule has 2 aromatic rings. The fraction of sp³-hybridized carbons (Fsp3) is 0.375. The standard InChI is InChI=1S/C16H16F4N4O5S/c17-10-5-8(30(21,26)27)1-2-11(10)23-15-22-6-9(16(18,19)20)14(24-15)29-13-7-28-4-3-12(13)25/h1-2,5-6,12-13,25H,3-4,7H2,(H2,21,26,27)(H,22,23,24). The van der Waals surface area contributed by atoms with Crippen LogP contribution in [-0.2, 0) is 20.9 Å². The normalized spacial score (nSPS) is 20.1. The number of aliphatic hydroxyl groups excluding tert-OH is 1. The Morgan fingerprint density at radius 2 is 2.07 bits per heavy atom. The van der Waals surface area contributed by atoms with Crippen molar-refractivity contribution in [2.45, 2.75) is 29.7 Å². The van der Waals surface area contributed by atoms with Crippen molar-refractivity contribution < 1.29 is 40.6 Å². The van der Waals surface area contributed by atoms with Crippen LogP contribution < -0.4 is 15.2 Å². The van der Waals surface area contributed by atoms with Gasteiger partial charge in [-0.25, -0.2) is 22.9 Å². The van der Waals surface area contributed by atoms with Crippen molar-refractivity contribution in [3.63, 3.8) is 0 Å². The predicted molar refractivity (Wildman–Crippen MR) is 93.9 cm³/mol. The SMILES string of the molecule is NS(=O)(=O)c1ccc(Nc2ncc(C(F)(F)F)c(OC3COCCC3O)n2)c(F)c1. The van der Waals surface area contributed by atoms with Crippen molar-refractivity contribution in [1.82, 2.24) is 9.97 Å². The van der Waals surface area contributed by atoms with Gasteiger partial charge in [0.2, 0.25) is 21.9 Å². The van der Waals surface area contributed by atoms with Gasteiger partial charge in [0.05, 0.1) is 23.3 Å². The van der Waals surface area contributed by atoms with Gasteiger partial charge in [-0.1, -0.05) is 0 Å². The summed E-state index contributed by atoms with van der Waals surface area (Å²) in [5, 5.41) is 17.2. The van der Waals surface area contributed by atoms with Crippen molar-refractivity contribution in [3.8, 4) is 5.88 Å². The van der Waals surface area contributed by atoms with Gasteiger partial charge in [0.15, 0.2) is 0 Å². The Balaban J connectivity index is 1.91. The summed E-state index contributed by atoms with van der Waals surface area (Å²) in [6.07, 6.45) is -6.39. The number of aliphatic hydroxyl groups is 1. The number of nitrogens with zero attached hydrogens (tertiary/aromatic N) is 2. The number of aromatic nitrogens is 2. The number of halogens is 4. The summed E-state index contributed by atoms with van der Waals surface area (Å²) in [6, 6.07) is 2.64. The Hall–Kier alpha value is -2.55. The molecule has 1 fully saturated rings. The van der Waals surface area contributed by atoms with E-state index in [1.807, 2.05) is 0 Å². The van der Waals surface area contributed by atoms with Gasteiger partial charge in [-0.15, -0.1) is 0 Å². The molecule has 1 saturated heterocycles. The minimum absolute atomic E-state index is 0.144. The van der Waals surface area contributed by atoms with Crippen molar-refractivity contribution >= 4 is 21.7 Å². The molecule has 2 unspecified atom stereocenters. The van der Waals surface area contributed by atoms with Crippen LogP contribution in [0.3, 0.4) is 0 Å². The van der Waals surface area contributed by atoms with E-state index in [4.69, 9.17) is 14.6 Å². The minimum atomic E-state index is -4.85. The maximum absolute atomic E-state index is 14.2. The second-order valence-electron chi connectivity index (χ2n) is 6.31. The van der Waals surface area contributed by atoms with Crippen LogP contribution in [0.5, 0.6) is 5.88 Å². The highest BCUT2D eigenvalue weighted by atomic mass is 32.2. The molecule has 1 aliphatic rings. The van der Waals surface area contributed by atoms with E-state index in [2.05, 4.69) is 15.3 Å². The molecule has 2 atom stereocenters. The lowest BCUT2D eigenvalue weighted by atomic mass is 10.1. The van der Waals surface area contributed by atoms with Gasteiger partial charge in [0.25, 0.3) is 0 Å². The largest absolute Gasteiger partial charge is 0.469 e. The van der Waals surface area contributed by atoms with Crippen LogP contribution in [0.2, 0.25) is 0 Å². The molecule has 30 heavy (non-hydrogen) atoms. The van der Waals surface area contributed by atoms with Crippen molar-refractivity contribution in [3.05, 3.63) is 35.8 Å². The van der Waals surface area contributed by atoms with E-state index in [-0.39, 0.29) is 25.3 Å². The number of hydrogen-bond acceptors (Lipinski definition) is 8. The van der Waals surface area contributed by atoms with Crippen LogP contribution in [0.4, 0.5) is 29.2 Å². The first-order chi connectivity index (χ1) is 13.9. The fourth-order valence-corrected chi connectivity index (χ4v) is 3.09. The average Bonchev–Trinajstić information content (AvgIpc) is 2.64. The Kier molecular flexibility index (Phi) is 6.12. The second-order valence-corrected chi connectivity index (χ2v) is 7.87. The lowest BCUT2D eigenvalue weighted by molar-refractivity contribution is -0.142. The molecule has 0 aliphatic carbocycles. The van der Waals surface area contributed by atoms with Gasteiger partial charge in [-0.3, -0.25) is 0 Å². The maximum atomic E-state index is 14.2. The van der Waals surface area contributed by atoms with E-state index in [9.17, 15) is 31.1 Å². The maximum Gasteiger partial charge on any atom is 0.423 e. The molecule has 4 N–H and O–H groups in total. The van der Waals surface area contributed by atoms with Crippen LogP contribution in [0, 0.1) is 5.82 Å². The lowest BCUT2D eigenvalue weighted by Crippen LogP contribution is -2.41. The van der Waals surface area contributed by atoms with Gasteiger partial charge in [-0.05, 0) is 18.2 Å². The third-order valence-corrected chi connectivity index (χ3v) is 5.02. The monoisotopic (exact) mass is 452 g/mol. The molecular formula is C16H16F4N4O5S. The number of hydrogen-bond donors (Lipinski definition) is 3. The number of rotatable bonds is 5. The van der Waals surface area contributed by atoms with Gasteiger partial charge in [0.1, 0.15) is 17.5 Å². The Morgan fingerprint density at radius 1 is 1.33 bits per heavy atom. The number of nitrogens with two attached hydrogens (primary N) is 1.